The number of halogens is 2. The van der Waals surface area contributed by atoms with Gasteiger partial charge in [0, 0.05) is 16.9 Å². The van der Waals surface area contributed by atoms with Crippen molar-refractivity contribution in [3.63, 3.8) is 0 Å². The number of thiophene rings is 1. The Labute approximate surface area is 113 Å². The Hall–Kier alpha value is -0.250. The lowest BCUT2D eigenvalue weighted by atomic mass is 10.1. The van der Waals surface area contributed by atoms with E-state index in [1.54, 1.807) is 17.6 Å². The van der Waals surface area contributed by atoms with Gasteiger partial charge in [0.05, 0.1) is 15.4 Å². The Morgan fingerprint density at radius 3 is 2.88 bits per heavy atom. The number of alkyl halides is 1. The fourth-order valence-electron chi connectivity index (χ4n) is 1.63. The summed E-state index contributed by atoms with van der Waals surface area (Å²) in [6.07, 6.45) is 2.58. The van der Waals surface area contributed by atoms with Crippen LogP contribution < -0.4 is 0 Å². The summed E-state index contributed by atoms with van der Waals surface area (Å²) in [5, 5.41) is -0.108. The monoisotopic (exact) mass is 318 g/mol. The predicted octanol–water partition coefficient (Wildman–Crippen LogP) is 5.30. The second kappa shape index (κ2) is 4.94. The maximum absolute atomic E-state index is 6.47. The van der Waals surface area contributed by atoms with Crippen LogP contribution >= 0.6 is 38.9 Å². The van der Waals surface area contributed by atoms with Gasteiger partial charge in [0.2, 0.25) is 0 Å². The van der Waals surface area contributed by atoms with Gasteiger partial charge in [-0.15, -0.1) is 22.9 Å². The standard InChI is InChI=1S/C12H12BrClOS/c1-3-9-8(4-5-15-9)11(14)10-6-7(2)12(13)16-10/h4-6,11H,3H2,1-2H3. The van der Waals surface area contributed by atoms with Gasteiger partial charge in [0.25, 0.3) is 0 Å². The molecule has 0 bridgehead atoms. The van der Waals surface area contributed by atoms with Crippen molar-refractivity contribution < 1.29 is 4.42 Å². The molecule has 0 spiro atoms. The molecule has 2 aromatic heterocycles. The van der Waals surface area contributed by atoms with E-state index in [1.165, 1.54) is 5.56 Å². The Balaban J connectivity index is 2.35. The van der Waals surface area contributed by atoms with E-state index in [4.69, 9.17) is 16.0 Å². The molecule has 0 amide bonds. The fraction of sp³-hybridized carbons (Fsp3) is 0.333. The fourth-order valence-corrected chi connectivity index (χ4v) is 3.58. The van der Waals surface area contributed by atoms with Gasteiger partial charge in [0.1, 0.15) is 5.76 Å². The van der Waals surface area contributed by atoms with Crippen LogP contribution in [0.1, 0.15) is 34.1 Å². The van der Waals surface area contributed by atoms with Gasteiger partial charge in [-0.05, 0) is 40.5 Å². The van der Waals surface area contributed by atoms with Crippen LogP contribution in [0, 0.1) is 6.92 Å². The molecular formula is C12H12BrClOS. The van der Waals surface area contributed by atoms with E-state index in [9.17, 15) is 0 Å². The van der Waals surface area contributed by atoms with Crippen molar-refractivity contribution in [3.05, 3.63) is 43.9 Å². The van der Waals surface area contributed by atoms with E-state index in [2.05, 4.69) is 35.8 Å². The highest BCUT2D eigenvalue weighted by Crippen LogP contribution is 2.39. The topological polar surface area (TPSA) is 13.1 Å². The number of aryl methyl sites for hydroxylation is 2. The minimum absolute atomic E-state index is 0.108. The maximum Gasteiger partial charge on any atom is 0.108 e. The molecule has 0 aromatic carbocycles. The molecule has 0 aliphatic rings. The van der Waals surface area contributed by atoms with Crippen molar-refractivity contribution in [1.29, 1.82) is 0 Å². The minimum atomic E-state index is -0.108. The summed E-state index contributed by atoms with van der Waals surface area (Å²) in [7, 11) is 0. The quantitative estimate of drug-likeness (QED) is 0.699. The molecule has 0 saturated heterocycles. The average Bonchev–Trinajstić information content (AvgIpc) is 2.85. The summed E-state index contributed by atoms with van der Waals surface area (Å²) in [6.45, 7) is 4.14. The second-order valence-corrected chi connectivity index (χ2v) is 6.46. The summed E-state index contributed by atoms with van der Waals surface area (Å²) in [4.78, 5) is 1.15. The van der Waals surface area contributed by atoms with Gasteiger partial charge < -0.3 is 4.42 Å². The average molecular weight is 320 g/mol. The molecule has 1 atom stereocenters. The molecule has 1 unspecified atom stereocenters. The number of furan rings is 1. The van der Waals surface area contributed by atoms with Crippen LogP contribution in [0.5, 0.6) is 0 Å². The van der Waals surface area contributed by atoms with Crippen molar-refractivity contribution in [2.24, 2.45) is 0 Å². The van der Waals surface area contributed by atoms with Crippen molar-refractivity contribution in [2.45, 2.75) is 25.6 Å². The summed E-state index contributed by atoms with van der Waals surface area (Å²) >= 11 is 11.7. The first-order valence-corrected chi connectivity index (χ1v) is 7.14. The summed E-state index contributed by atoms with van der Waals surface area (Å²) < 4.78 is 6.55. The van der Waals surface area contributed by atoms with Crippen LogP contribution in [0.15, 0.2) is 26.6 Å². The van der Waals surface area contributed by atoms with Gasteiger partial charge >= 0.3 is 0 Å². The van der Waals surface area contributed by atoms with Gasteiger partial charge in [-0.2, -0.15) is 0 Å². The van der Waals surface area contributed by atoms with Crippen LogP contribution in [-0.2, 0) is 6.42 Å². The van der Waals surface area contributed by atoms with Crippen LogP contribution in [0.3, 0.4) is 0 Å². The molecule has 0 fully saturated rings. The zero-order valence-corrected chi connectivity index (χ0v) is 12.2. The lowest BCUT2D eigenvalue weighted by Crippen LogP contribution is -1.92. The maximum atomic E-state index is 6.47. The van der Waals surface area contributed by atoms with Crippen LogP contribution in [0.25, 0.3) is 0 Å². The first-order valence-electron chi connectivity index (χ1n) is 5.09. The van der Waals surface area contributed by atoms with Crippen molar-refractivity contribution in [3.8, 4) is 0 Å². The van der Waals surface area contributed by atoms with Gasteiger partial charge in [-0.1, -0.05) is 6.92 Å². The molecule has 0 saturated carbocycles. The predicted molar refractivity (Wildman–Crippen MR) is 72.5 cm³/mol. The molecule has 86 valence electrons. The number of hydrogen-bond acceptors (Lipinski definition) is 2. The highest BCUT2D eigenvalue weighted by Gasteiger charge is 2.19. The molecular weight excluding hydrogens is 308 g/mol. The highest BCUT2D eigenvalue weighted by atomic mass is 79.9. The molecule has 0 radical (unpaired) electrons. The molecule has 0 aliphatic carbocycles. The third-order valence-electron chi connectivity index (χ3n) is 2.50. The Morgan fingerprint density at radius 2 is 2.31 bits per heavy atom. The molecule has 2 heterocycles. The third-order valence-corrected chi connectivity index (χ3v) is 5.30. The van der Waals surface area contributed by atoms with Crippen molar-refractivity contribution in [2.75, 3.05) is 0 Å². The first-order chi connectivity index (χ1) is 7.63. The van der Waals surface area contributed by atoms with E-state index in [0.29, 0.717) is 0 Å². The summed E-state index contributed by atoms with van der Waals surface area (Å²) in [5.74, 6) is 0.974. The lowest BCUT2D eigenvalue weighted by molar-refractivity contribution is 0.512. The van der Waals surface area contributed by atoms with E-state index in [0.717, 1.165) is 26.4 Å². The van der Waals surface area contributed by atoms with Gasteiger partial charge in [-0.25, -0.2) is 0 Å². The molecule has 2 rings (SSSR count). The van der Waals surface area contributed by atoms with Crippen LogP contribution in [0.2, 0.25) is 0 Å². The van der Waals surface area contributed by atoms with E-state index >= 15 is 0 Å². The van der Waals surface area contributed by atoms with E-state index in [1.807, 2.05) is 6.07 Å². The molecule has 0 N–H and O–H groups in total. The molecule has 0 aliphatic heterocycles. The Bertz CT molecular complexity index is 469. The summed E-state index contributed by atoms with van der Waals surface area (Å²) in [5.41, 5.74) is 2.31. The van der Waals surface area contributed by atoms with E-state index < -0.39 is 0 Å². The summed E-state index contributed by atoms with van der Waals surface area (Å²) in [6, 6.07) is 4.08. The lowest BCUT2D eigenvalue weighted by Gasteiger charge is -2.06. The van der Waals surface area contributed by atoms with Crippen LogP contribution in [0.4, 0.5) is 0 Å². The SMILES string of the molecule is CCc1occc1C(Cl)c1cc(C)c(Br)s1. The van der Waals surface area contributed by atoms with Crippen molar-refractivity contribution in [1.82, 2.24) is 0 Å². The normalized spacial score (nSPS) is 13.0. The second-order valence-electron chi connectivity index (χ2n) is 3.62. The number of rotatable bonds is 3. The van der Waals surface area contributed by atoms with Crippen molar-refractivity contribution >= 4 is 38.9 Å². The largest absolute Gasteiger partial charge is 0.469 e. The molecule has 4 heteroatoms. The van der Waals surface area contributed by atoms with Crippen LogP contribution in [-0.4, -0.2) is 0 Å². The third kappa shape index (κ3) is 2.22. The minimum Gasteiger partial charge on any atom is -0.469 e. The Kier molecular flexibility index (Phi) is 3.77. The van der Waals surface area contributed by atoms with Gasteiger partial charge in [-0.3, -0.25) is 0 Å². The highest BCUT2D eigenvalue weighted by molar-refractivity contribution is 9.11. The number of hydrogen-bond donors (Lipinski definition) is 0. The first kappa shape index (κ1) is 12.2. The Morgan fingerprint density at radius 1 is 1.56 bits per heavy atom. The molecule has 1 nitrogen and oxygen atoms in total. The van der Waals surface area contributed by atoms with Gasteiger partial charge in [0.15, 0.2) is 0 Å². The van der Waals surface area contributed by atoms with E-state index in [-0.39, 0.29) is 5.38 Å². The molecule has 2 aromatic rings. The molecule has 16 heavy (non-hydrogen) atoms. The smallest absolute Gasteiger partial charge is 0.108 e. The zero-order valence-electron chi connectivity index (χ0n) is 9.09. The zero-order chi connectivity index (χ0) is 11.7.